The van der Waals surface area contributed by atoms with Gasteiger partial charge in [0.15, 0.2) is 5.12 Å². The van der Waals surface area contributed by atoms with Crippen molar-refractivity contribution in [3.63, 3.8) is 0 Å². The van der Waals surface area contributed by atoms with Crippen LogP contribution in [-0.2, 0) is 11.2 Å². The molecular weight excluding hydrogens is 232 g/mol. The molecule has 0 saturated carbocycles. The topological polar surface area (TPSA) is 37.3 Å². The number of carbonyl (C=O) groups is 1. The molecule has 0 atom stereocenters. The highest BCUT2D eigenvalue weighted by molar-refractivity contribution is 8.13. The van der Waals surface area contributed by atoms with Gasteiger partial charge in [0, 0.05) is 11.3 Å². The highest BCUT2D eigenvalue weighted by Crippen LogP contribution is 2.22. The van der Waals surface area contributed by atoms with Crippen LogP contribution in [0.25, 0.3) is 0 Å². The SMILES string of the molecule is O=C(Cc1ccccc1)Sc1ccc(O)cc1. The maximum absolute atomic E-state index is 11.8. The van der Waals surface area contributed by atoms with Gasteiger partial charge in [-0.1, -0.05) is 42.1 Å². The molecule has 0 aliphatic heterocycles. The summed E-state index contributed by atoms with van der Waals surface area (Å²) in [7, 11) is 0. The summed E-state index contributed by atoms with van der Waals surface area (Å²) in [5.41, 5.74) is 1.02. The lowest BCUT2D eigenvalue weighted by molar-refractivity contribution is -0.110. The third kappa shape index (κ3) is 3.64. The summed E-state index contributed by atoms with van der Waals surface area (Å²) in [5, 5.41) is 9.23. The molecular formula is C14H12O2S. The van der Waals surface area contributed by atoms with Crippen LogP contribution in [0.5, 0.6) is 5.75 Å². The zero-order chi connectivity index (χ0) is 12.1. The van der Waals surface area contributed by atoms with Gasteiger partial charge in [-0.15, -0.1) is 0 Å². The summed E-state index contributed by atoms with van der Waals surface area (Å²) in [6.07, 6.45) is 0.423. The molecule has 2 nitrogen and oxygen atoms in total. The van der Waals surface area contributed by atoms with Crippen molar-refractivity contribution in [2.75, 3.05) is 0 Å². The van der Waals surface area contributed by atoms with Crippen molar-refractivity contribution in [2.24, 2.45) is 0 Å². The smallest absolute Gasteiger partial charge is 0.198 e. The van der Waals surface area contributed by atoms with Crippen LogP contribution in [0, 0.1) is 0 Å². The molecule has 0 heterocycles. The Balaban J connectivity index is 1.96. The Morgan fingerprint density at radius 3 is 2.29 bits per heavy atom. The van der Waals surface area contributed by atoms with Gasteiger partial charge < -0.3 is 5.11 Å². The molecule has 1 N–H and O–H groups in total. The molecule has 86 valence electrons. The van der Waals surface area contributed by atoms with E-state index < -0.39 is 0 Å². The van der Waals surface area contributed by atoms with Crippen LogP contribution < -0.4 is 0 Å². The molecule has 0 bridgehead atoms. The molecule has 0 aromatic heterocycles. The van der Waals surface area contributed by atoms with Crippen LogP contribution >= 0.6 is 11.8 Å². The monoisotopic (exact) mass is 244 g/mol. The number of hydrogen-bond donors (Lipinski definition) is 1. The van der Waals surface area contributed by atoms with Gasteiger partial charge in [-0.3, -0.25) is 4.79 Å². The number of hydrogen-bond acceptors (Lipinski definition) is 3. The first-order valence-electron chi connectivity index (χ1n) is 5.28. The molecule has 0 unspecified atom stereocenters. The van der Waals surface area contributed by atoms with E-state index >= 15 is 0 Å². The van der Waals surface area contributed by atoms with E-state index in [0.29, 0.717) is 6.42 Å². The maximum atomic E-state index is 11.8. The summed E-state index contributed by atoms with van der Waals surface area (Å²) in [6.45, 7) is 0. The van der Waals surface area contributed by atoms with E-state index in [-0.39, 0.29) is 10.9 Å². The van der Waals surface area contributed by atoms with Gasteiger partial charge in [0.1, 0.15) is 5.75 Å². The number of phenolic OH excluding ortho intramolecular Hbond substituents is 1. The Hall–Kier alpha value is -1.74. The van der Waals surface area contributed by atoms with E-state index in [2.05, 4.69) is 0 Å². The van der Waals surface area contributed by atoms with Crippen molar-refractivity contribution in [3.8, 4) is 5.75 Å². The molecule has 2 aromatic carbocycles. The molecule has 2 aromatic rings. The molecule has 3 heteroatoms. The van der Waals surface area contributed by atoms with Crippen LogP contribution in [0.4, 0.5) is 0 Å². The Labute approximate surface area is 104 Å². The van der Waals surface area contributed by atoms with E-state index in [1.54, 1.807) is 24.3 Å². The molecule has 0 spiro atoms. The van der Waals surface area contributed by atoms with E-state index in [4.69, 9.17) is 5.11 Å². The van der Waals surface area contributed by atoms with Gasteiger partial charge in [-0.05, 0) is 29.8 Å². The summed E-state index contributed by atoms with van der Waals surface area (Å²) in [5.74, 6) is 0.213. The zero-order valence-electron chi connectivity index (χ0n) is 9.17. The molecule has 0 amide bonds. The summed E-state index contributed by atoms with van der Waals surface area (Å²) in [4.78, 5) is 12.6. The molecule has 0 fully saturated rings. The fourth-order valence-corrected chi connectivity index (χ4v) is 2.22. The van der Waals surface area contributed by atoms with Crippen LogP contribution in [0.1, 0.15) is 5.56 Å². The maximum Gasteiger partial charge on any atom is 0.198 e. The highest BCUT2D eigenvalue weighted by Gasteiger charge is 2.05. The Morgan fingerprint density at radius 1 is 1.00 bits per heavy atom. The predicted molar refractivity (Wildman–Crippen MR) is 69.1 cm³/mol. The third-order valence-electron chi connectivity index (χ3n) is 2.26. The molecule has 0 aliphatic carbocycles. The Kier molecular flexibility index (Phi) is 3.83. The second kappa shape index (κ2) is 5.55. The van der Waals surface area contributed by atoms with Crippen LogP contribution in [-0.4, -0.2) is 10.2 Å². The van der Waals surface area contributed by atoms with Gasteiger partial charge >= 0.3 is 0 Å². The van der Waals surface area contributed by atoms with Crippen molar-refractivity contribution in [3.05, 3.63) is 60.2 Å². The number of carbonyl (C=O) groups excluding carboxylic acids is 1. The van der Waals surface area contributed by atoms with Crippen molar-refractivity contribution >= 4 is 16.9 Å². The van der Waals surface area contributed by atoms with E-state index in [9.17, 15) is 4.79 Å². The zero-order valence-corrected chi connectivity index (χ0v) is 9.98. The standard InChI is InChI=1S/C14H12O2S/c15-12-6-8-13(9-7-12)17-14(16)10-11-4-2-1-3-5-11/h1-9,15H,10H2. The summed E-state index contributed by atoms with van der Waals surface area (Å²) < 4.78 is 0. The first kappa shape index (κ1) is 11.7. The molecule has 17 heavy (non-hydrogen) atoms. The van der Waals surface area contributed by atoms with Gasteiger partial charge in [0.05, 0.1) is 0 Å². The highest BCUT2D eigenvalue weighted by atomic mass is 32.2. The largest absolute Gasteiger partial charge is 0.508 e. The number of rotatable bonds is 3. The molecule has 0 aliphatic rings. The second-order valence-electron chi connectivity index (χ2n) is 3.63. The van der Waals surface area contributed by atoms with Crippen molar-refractivity contribution < 1.29 is 9.90 Å². The second-order valence-corrected chi connectivity index (χ2v) is 4.76. The Bertz CT molecular complexity index is 491. The first-order valence-corrected chi connectivity index (χ1v) is 6.09. The fraction of sp³-hybridized carbons (Fsp3) is 0.0714. The summed E-state index contributed by atoms with van der Waals surface area (Å²) in [6, 6.07) is 16.3. The average molecular weight is 244 g/mol. The average Bonchev–Trinajstić information content (AvgIpc) is 2.33. The van der Waals surface area contributed by atoms with Gasteiger partial charge in [0.2, 0.25) is 0 Å². The lowest BCUT2D eigenvalue weighted by Gasteiger charge is -2.01. The number of benzene rings is 2. The van der Waals surface area contributed by atoms with Crippen LogP contribution in [0.2, 0.25) is 0 Å². The van der Waals surface area contributed by atoms with Gasteiger partial charge in [0.25, 0.3) is 0 Å². The quantitative estimate of drug-likeness (QED) is 0.842. The van der Waals surface area contributed by atoms with E-state index in [1.165, 1.54) is 11.8 Å². The molecule has 0 saturated heterocycles. The van der Waals surface area contributed by atoms with Crippen molar-refractivity contribution in [1.82, 2.24) is 0 Å². The minimum atomic E-state index is 0.0990. The van der Waals surface area contributed by atoms with Gasteiger partial charge in [-0.25, -0.2) is 0 Å². The first-order chi connectivity index (χ1) is 8.24. The number of phenols is 1. The minimum absolute atomic E-state index is 0.0990. The number of thioether (sulfide) groups is 1. The Morgan fingerprint density at radius 2 is 1.65 bits per heavy atom. The lowest BCUT2D eigenvalue weighted by Crippen LogP contribution is -1.96. The third-order valence-corrected chi connectivity index (χ3v) is 3.14. The fourth-order valence-electron chi connectivity index (χ4n) is 1.44. The summed E-state index contributed by atoms with van der Waals surface area (Å²) >= 11 is 1.20. The van der Waals surface area contributed by atoms with Gasteiger partial charge in [-0.2, -0.15) is 0 Å². The van der Waals surface area contributed by atoms with Crippen LogP contribution in [0.15, 0.2) is 59.5 Å². The van der Waals surface area contributed by atoms with E-state index in [1.807, 2.05) is 30.3 Å². The minimum Gasteiger partial charge on any atom is -0.508 e. The van der Waals surface area contributed by atoms with Crippen LogP contribution in [0.3, 0.4) is 0 Å². The van der Waals surface area contributed by atoms with E-state index in [0.717, 1.165) is 10.5 Å². The molecule has 0 radical (unpaired) electrons. The molecule has 2 rings (SSSR count). The van der Waals surface area contributed by atoms with Crippen molar-refractivity contribution in [2.45, 2.75) is 11.3 Å². The normalized spacial score (nSPS) is 10.1. The number of aromatic hydroxyl groups is 1. The lowest BCUT2D eigenvalue weighted by atomic mass is 10.2. The van der Waals surface area contributed by atoms with Crippen molar-refractivity contribution in [1.29, 1.82) is 0 Å². The predicted octanol–water partition coefficient (Wildman–Crippen LogP) is 3.25.